The maximum atomic E-state index is 5.70. The molecule has 17 heavy (non-hydrogen) atoms. The number of ether oxygens (including phenoxy) is 1. The number of hydrogen-bond donors (Lipinski definition) is 1. The number of nitrogens with zero attached hydrogens (tertiary/aromatic N) is 1. The Morgan fingerprint density at radius 3 is 3.06 bits per heavy atom. The van der Waals surface area contributed by atoms with Gasteiger partial charge in [-0.2, -0.15) is 0 Å². The summed E-state index contributed by atoms with van der Waals surface area (Å²) in [6, 6.07) is 0. The standard InChI is InChI=1S/C13H20N2OS/c1-2-14-13(7-4-8-16-9-13)12-15-10-5-3-6-11(10)17-12/h14H,2-9H2,1H3. The van der Waals surface area contributed by atoms with E-state index in [9.17, 15) is 0 Å². The molecular formula is C13H20N2OS. The molecule has 1 saturated heterocycles. The smallest absolute Gasteiger partial charge is 0.116 e. The van der Waals surface area contributed by atoms with E-state index in [1.54, 1.807) is 0 Å². The Labute approximate surface area is 107 Å². The van der Waals surface area contributed by atoms with Gasteiger partial charge in [0.15, 0.2) is 0 Å². The first-order valence-electron chi connectivity index (χ1n) is 6.66. The lowest BCUT2D eigenvalue weighted by molar-refractivity contribution is 0.0188. The van der Waals surface area contributed by atoms with E-state index in [1.807, 2.05) is 11.3 Å². The van der Waals surface area contributed by atoms with Crippen molar-refractivity contribution in [3.8, 4) is 0 Å². The fourth-order valence-electron chi connectivity index (χ4n) is 2.91. The number of thiazole rings is 1. The molecule has 1 unspecified atom stereocenters. The van der Waals surface area contributed by atoms with Crippen molar-refractivity contribution < 1.29 is 4.74 Å². The van der Waals surface area contributed by atoms with Crippen molar-refractivity contribution in [1.29, 1.82) is 0 Å². The molecule has 2 heterocycles. The summed E-state index contributed by atoms with van der Waals surface area (Å²) in [4.78, 5) is 6.40. The second kappa shape index (κ2) is 4.67. The van der Waals surface area contributed by atoms with Crippen LogP contribution in [0.2, 0.25) is 0 Å². The molecule has 2 aliphatic rings. The van der Waals surface area contributed by atoms with Crippen molar-refractivity contribution >= 4 is 11.3 Å². The predicted molar refractivity (Wildman–Crippen MR) is 69.5 cm³/mol. The lowest BCUT2D eigenvalue weighted by Crippen LogP contribution is -2.48. The molecule has 3 nitrogen and oxygen atoms in total. The van der Waals surface area contributed by atoms with Gasteiger partial charge >= 0.3 is 0 Å². The number of nitrogens with one attached hydrogen (secondary N) is 1. The van der Waals surface area contributed by atoms with Crippen LogP contribution in [-0.4, -0.2) is 24.7 Å². The van der Waals surface area contributed by atoms with Gasteiger partial charge in [0.05, 0.1) is 17.8 Å². The van der Waals surface area contributed by atoms with Gasteiger partial charge in [-0.3, -0.25) is 0 Å². The Hall–Kier alpha value is -0.450. The average molecular weight is 252 g/mol. The molecule has 3 rings (SSSR count). The molecule has 1 aliphatic heterocycles. The highest BCUT2D eigenvalue weighted by Gasteiger charge is 2.38. The van der Waals surface area contributed by atoms with Crippen molar-refractivity contribution in [1.82, 2.24) is 10.3 Å². The molecule has 1 aromatic rings. The molecule has 0 saturated carbocycles. The number of rotatable bonds is 3. The third kappa shape index (κ3) is 2.02. The van der Waals surface area contributed by atoms with Gasteiger partial charge < -0.3 is 10.1 Å². The van der Waals surface area contributed by atoms with Crippen LogP contribution < -0.4 is 5.32 Å². The minimum Gasteiger partial charge on any atom is -0.379 e. The SMILES string of the molecule is CCNC1(c2nc3c(s2)CCC3)CCCOC1. The highest BCUT2D eigenvalue weighted by molar-refractivity contribution is 7.12. The molecule has 0 bridgehead atoms. The fourth-order valence-corrected chi connectivity index (χ4v) is 4.24. The van der Waals surface area contributed by atoms with E-state index in [-0.39, 0.29) is 5.54 Å². The molecule has 0 aromatic carbocycles. The van der Waals surface area contributed by atoms with Crippen molar-refractivity contribution in [2.45, 2.75) is 44.6 Å². The predicted octanol–water partition coefficient (Wildman–Crippen LogP) is 2.25. The summed E-state index contributed by atoms with van der Waals surface area (Å²) in [5, 5.41) is 4.89. The van der Waals surface area contributed by atoms with E-state index in [2.05, 4.69) is 12.2 Å². The van der Waals surface area contributed by atoms with Gasteiger partial charge in [0, 0.05) is 11.5 Å². The maximum absolute atomic E-state index is 5.70. The minimum absolute atomic E-state index is 0.00199. The highest BCUT2D eigenvalue weighted by atomic mass is 32.1. The summed E-state index contributed by atoms with van der Waals surface area (Å²) in [7, 11) is 0. The number of aryl methyl sites for hydroxylation is 2. The monoisotopic (exact) mass is 252 g/mol. The Kier molecular flexibility index (Phi) is 3.19. The first kappa shape index (κ1) is 11.6. The molecule has 1 fully saturated rings. The first-order valence-corrected chi connectivity index (χ1v) is 7.47. The van der Waals surface area contributed by atoms with Crippen LogP contribution in [0.4, 0.5) is 0 Å². The van der Waals surface area contributed by atoms with Crippen LogP contribution in [0.3, 0.4) is 0 Å². The van der Waals surface area contributed by atoms with Crippen molar-refractivity contribution in [2.24, 2.45) is 0 Å². The summed E-state index contributed by atoms with van der Waals surface area (Å²) in [6.45, 7) is 4.83. The Morgan fingerprint density at radius 1 is 1.41 bits per heavy atom. The number of hydrogen-bond acceptors (Lipinski definition) is 4. The Balaban J connectivity index is 1.91. The topological polar surface area (TPSA) is 34.2 Å². The van der Waals surface area contributed by atoms with Gasteiger partial charge in [-0.25, -0.2) is 4.98 Å². The fraction of sp³-hybridized carbons (Fsp3) is 0.769. The Morgan fingerprint density at radius 2 is 2.35 bits per heavy atom. The van der Waals surface area contributed by atoms with E-state index in [0.29, 0.717) is 0 Å². The number of aromatic nitrogens is 1. The van der Waals surface area contributed by atoms with Crippen molar-refractivity contribution in [3.63, 3.8) is 0 Å². The average Bonchev–Trinajstić information content (AvgIpc) is 2.90. The summed E-state index contributed by atoms with van der Waals surface area (Å²) in [5.41, 5.74) is 1.36. The van der Waals surface area contributed by atoms with E-state index >= 15 is 0 Å². The van der Waals surface area contributed by atoms with E-state index in [4.69, 9.17) is 9.72 Å². The van der Waals surface area contributed by atoms with Gasteiger partial charge in [0.1, 0.15) is 5.01 Å². The zero-order valence-corrected chi connectivity index (χ0v) is 11.2. The van der Waals surface area contributed by atoms with Crippen LogP contribution in [-0.2, 0) is 23.1 Å². The Bertz CT molecular complexity index is 369. The lowest BCUT2D eigenvalue weighted by atomic mass is 9.93. The van der Waals surface area contributed by atoms with Crippen molar-refractivity contribution in [3.05, 3.63) is 15.6 Å². The largest absolute Gasteiger partial charge is 0.379 e. The molecule has 0 amide bonds. The quantitative estimate of drug-likeness (QED) is 0.896. The van der Waals surface area contributed by atoms with Crippen LogP contribution in [0, 0.1) is 0 Å². The van der Waals surface area contributed by atoms with E-state index < -0.39 is 0 Å². The summed E-state index contributed by atoms with van der Waals surface area (Å²) in [6.07, 6.45) is 5.99. The second-order valence-electron chi connectivity index (χ2n) is 5.01. The zero-order chi connectivity index (χ0) is 11.7. The van der Waals surface area contributed by atoms with Crippen LogP contribution in [0.25, 0.3) is 0 Å². The van der Waals surface area contributed by atoms with Crippen LogP contribution in [0.1, 0.15) is 41.8 Å². The zero-order valence-electron chi connectivity index (χ0n) is 10.4. The minimum atomic E-state index is 0.00199. The number of likely N-dealkylation sites (N-methyl/N-ethyl adjacent to an activating group) is 1. The molecule has 94 valence electrons. The summed E-state index contributed by atoms with van der Waals surface area (Å²) >= 11 is 1.91. The van der Waals surface area contributed by atoms with Gasteiger partial charge in [-0.15, -0.1) is 11.3 Å². The van der Waals surface area contributed by atoms with Gasteiger partial charge in [0.2, 0.25) is 0 Å². The lowest BCUT2D eigenvalue weighted by Gasteiger charge is -2.36. The van der Waals surface area contributed by atoms with Gasteiger partial charge in [-0.05, 0) is 38.6 Å². The molecule has 1 N–H and O–H groups in total. The second-order valence-corrected chi connectivity index (χ2v) is 6.09. The van der Waals surface area contributed by atoms with Crippen LogP contribution in [0.15, 0.2) is 0 Å². The summed E-state index contributed by atoms with van der Waals surface area (Å²) < 4.78 is 5.70. The van der Waals surface area contributed by atoms with Gasteiger partial charge in [-0.1, -0.05) is 6.92 Å². The molecule has 0 spiro atoms. The molecule has 1 atom stereocenters. The number of fused-ring (bicyclic) bond motifs is 1. The third-order valence-electron chi connectivity index (χ3n) is 3.76. The van der Waals surface area contributed by atoms with E-state index in [0.717, 1.165) is 32.6 Å². The van der Waals surface area contributed by atoms with E-state index in [1.165, 1.54) is 34.8 Å². The van der Waals surface area contributed by atoms with Crippen molar-refractivity contribution in [2.75, 3.05) is 19.8 Å². The molecule has 1 aromatic heterocycles. The first-order chi connectivity index (χ1) is 8.34. The normalized spacial score (nSPS) is 28.3. The molecule has 4 heteroatoms. The van der Waals surface area contributed by atoms with Gasteiger partial charge in [0.25, 0.3) is 0 Å². The molecule has 1 aliphatic carbocycles. The van der Waals surface area contributed by atoms with Crippen LogP contribution >= 0.6 is 11.3 Å². The summed E-state index contributed by atoms with van der Waals surface area (Å²) in [5.74, 6) is 0. The maximum Gasteiger partial charge on any atom is 0.116 e. The van der Waals surface area contributed by atoms with Crippen LogP contribution in [0.5, 0.6) is 0 Å². The highest BCUT2D eigenvalue weighted by Crippen LogP contribution is 2.37. The third-order valence-corrected chi connectivity index (χ3v) is 5.12. The molecule has 0 radical (unpaired) electrons. The molecular weight excluding hydrogens is 232 g/mol.